The van der Waals surface area contributed by atoms with Crippen LogP contribution < -0.4 is 16.0 Å². The molecule has 1 aliphatic heterocycles. The molecule has 1 aliphatic rings. The monoisotopic (exact) mass is 551 g/mol. The highest BCUT2D eigenvalue weighted by Crippen LogP contribution is 2.15. The Labute approximate surface area is 242 Å². The van der Waals surface area contributed by atoms with Gasteiger partial charge in [0.05, 0.1) is 18.2 Å². The van der Waals surface area contributed by atoms with Crippen LogP contribution in [0.5, 0.6) is 0 Å². The van der Waals surface area contributed by atoms with Crippen molar-refractivity contribution in [2.75, 3.05) is 26.2 Å². The van der Waals surface area contributed by atoms with Gasteiger partial charge in [-0.25, -0.2) is 0 Å². The lowest BCUT2D eigenvalue weighted by Gasteiger charge is -2.22. The van der Waals surface area contributed by atoms with Gasteiger partial charge < -0.3 is 15.7 Å². The molecule has 0 bridgehead atoms. The Kier molecular flexibility index (Phi) is 24.0. The Morgan fingerprint density at radius 3 is 1.90 bits per heavy atom. The van der Waals surface area contributed by atoms with Crippen molar-refractivity contribution in [2.45, 2.75) is 168 Å². The van der Waals surface area contributed by atoms with Gasteiger partial charge in [-0.05, 0) is 39.7 Å². The number of rotatable bonds is 26. The molecule has 0 aromatic carbocycles. The van der Waals surface area contributed by atoms with Crippen LogP contribution in [0.25, 0.3) is 0 Å². The number of unbranched alkanes of at least 4 members (excludes halogenated alkanes) is 17. The summed E-state index contributed by atoms with van der Waals surface area (Å²) in [6, 6.07) is 0. The molecule has 39 heavy (non-hydrogen) atoms. The lowest BCUT2D eigenvalue weighted by Crippen LogP contribution is -2.45. The number of aliphatic hydroxyl groups excluding tert-OH is 1. The molecule has 0 aliphatic carbocycles. The fourth-order valence-electron chi connectivity index (χ4n) is 5.52. The molecular formula is C33H66N4O2. The third-order valence-electron chi connectivity index (χ3n) is 8.25. The van der Waals surface area contributed by atoms with Crippen molar-refractivity contribution in [1.29, 1.82) is 0 Å². The quantitative estimate of drug-likeness (QED) is 0.0673. The Bertz CT molecular complexity index is 598. The number of hydrogen-bond acceptors (Lipinski definition) is 5. The molecule has 230 valence electrons. The van der Waals surface area contributed by atoms with Gasteiger partial charge in [0.1, 0.15) is 0 Å². The summed E-state index contributed by atoms with van der Waals surface area (Å²) in [6.07, 6.45) is 27.3. The maximum absolute atomic E-state index is 12.3. The molecule has 6 nitrogen and oxygen atoms in total. The highest BCUT2D eigenvalue weighted by Gasteiger charge is 2.22. The molecule has 0 fully saturated rings. The third kappa shape index (κ3) is 21.4. The van der Waals surface area contributed by atoms with Crippen LogP contribution in [-0.2, 0) is 4.79 Å². The summed E-state index contributed by atoms with van der Waals surface area (Å²) in [6.45, 7) is 9.19. The van der Waals surface area contributed by atoms with Gasteiger partial charge >= 0.3 is 0 Å². The second-order valence-electron chi connectivity index (χ2n) is 12.0. The molecule has 0 aromatic heterocycles. The maximum atomic E-state index is 12.3. The largest absolute Gasteiger partial charge is 0.392 e. The average molecular weight is 551 g/mol. The minimum absolute atomic E-state index is 0.0955. The van der Waals surface area contributed by atoms with Crippen molar-refractivity contribution in [3.63, 3.8) is 0 Å². The Balaban J connectivity index is 1.86. The molecule has 0 saturated carbocycles. The second-order valence-corrected chi connectivity index (χ2v) is 12.0. The van der Waals surface area contributed by atoms with Gasteiger partial charge in [0.15, 0.2) is 0 Å². The molecule has 0 aromatic rings. The smallest absolute Gasteiger partial charge is 0.228 e. The summed E-state index contributed by atoms with van der Waals surface area (Å²) in [7, 11) is 0. The third-order valence-corrected chi connectivity index (χ3v) is 8.25. The number of carbonyl (C=O) groups is 1. The Morgan fingerprint density at radius 1 is 0.846 bits per heavy atom. The van der Waals surface area contributed by atoms with Crippen LogP contribution in [0.15, 0.2) is 4.99 Å². The topological polar surface area (TPSA) is 85.8 Å². The van der Waals surface area contributed by atoms with Crippen molar-refractivity contribution in [3.8, 4) is 0 Å². The lowest BCUT2D eigenvalue weighted by molar-refractivity contribution is -0.123. The molecule has 1 amide bonds. The number of nitrogens with one attached hydrogen (secondary N) is 3. The van der Waals surface area contributed by atoms with Crippen molar-refractivity contribution in [2.24, 2.45) is 10.9 Å². The van der Waals surface area contributed by atoms with E-state index in [1.54, 1.807) is 0 Å². The van der Waals surface area contributed by atoms with Crippen LogP contribution in [0.2, 0.25) is 0 Å². The van der Waals surface area contributed by atoms with E-state index in [0.717, 1.165) is 51.0 Å². The molecule has 0 spiro atoms. The van der Waals surface area contributed by atoms with Crippen molar-refractivity contribution in [3.05, 3.63) is 0 Å². The fraction of sp³-hybridized carbons (Fsp3) is 0.939. The first-order valence-electron chi connectivity index (χ1n) is 17.0. The van der Waals surface area contributed by atoms with E-state index in [-0.39, 0.29) is 24.1 Å². The normalized spacial score (nSPS) is 17.8. The zero-order valence-corrected chi connectivity index (χ0v) is 26.2. The van der Waals surface area contributed by atoms with E-state index >= 15 is 0 Å². The number of aliphatic imine (C=N–C) groups is 1. The molecule has 1 heterocycles. The van der Waals surface area contributed by atoms with E-state index in [1.807, 2.05) is 6.92 Å². The van der Waals surface area contributed by atoms with E-state index in [0.29, 0.717) is 6.54 Å². The first-order valence-corrected chi connectivity index (χ1v) is 17.0. The summed E-state index contributed by atoms with van der Waals surface area (Å²) in [5.74, 6) is -0.0433. The summed E-state index contributed by atoms with van der Waals surface area (Å²) in [4.78, 5) is 16.8. The Hall–Kier alpha value is -0.980. The first kappa shape index (κ1) is 36.0. The number of hydrogen-bond donors (Lipinski definition) is 4. The number of amides is 1. The van der Waals surface area contributed by atoms with E-state index < -0.39 is 0 Å². The molecular weight excluding hydrogens is 484 g/mol. The number of aliphatic hydroxyl groups is 1. The van der Waals surface area contributed by atoms with Crippen LogP contribution in [-0.4, -0.2) is 55.2 Å². The van der Waals surface area contributed by atoms with Crippen LogP contribution in [0, 0.1) is 5.92 Å². The Morgan fingerprint density at radius 2 is 1.36 bits per heavy atom. The molecule has 3 atom stereocenters. The van der Waals surface area contributed by atoms with Gasteiger partial charge in [-0.2, -0.15) is 0 Å². The maximum Gasteiger partial charge on any atom is 0.228 e. The summed E-state index contributed by atoms with van der Waals surface area (Å²) in [5.41, 5.74) is 0.939. The van der Waals surface area contributed by atoms with Crippen molar-refractivity contribution in [1.82, 2.24) is 16.0 Å². The minimum atomic E-state index is -0.291. The van der Waals surface area contributed by atoms with E-state index in [9.17, 15) is 9.90 Å². The van der Waals surface area contributed by atoms with Crippen LogP contribution in [0.1, 0.15) is 156 Å². The van der Waals surface area contributed by atoms with Crippen LogP contribution in [0.4, 0.5) is 0 Å². The number of nitrogens with zero attached hydrogens (tertiary/aromatic N) is 1. The van der Waals surface area contributed by atoms with Gasteiger partial charge in [0.2, 0.25) is 5.91 Å². The molecule has 3 unspecified atom stereocenters. The van der Waals surface area contributed by atoms with E-state index in [2.05, 4.69) is 34.8 Å². The molecule has 1 rings (SSSR count). The molecule has 0 saturated heterocycles. The predicted octanol–water partition coefficient (Wildman–Crippen LogP) is 7.29. The second kappa shape index (κ2) is 26.0. The highest BCUT2D eigenvalue weighted by molar-refractivity contribution is 6.03. The molecule has 6 heteroatoms. The summed E-state index contributed by atoms with van der Waals surface area (Å²) in [5, 5.41) is 20.1. The summed E-state index contributed by atoms with van der Waals surface area (Å²) >= 11 is 0. The van der Waals surface area contributed by atoms with Gasteiger partial charge in [-0.3, -0.25) is 15.1 Å². The number of carbonyl (C=O) groups excluding carboxylic acids is 1. The fourth-order valence-corrected chi connectivity index (χ4v) is 5.52. The van der Waals surface area contributed by atoms with Crippen LogP contribution >= 0.6 is 0 Å². The van der Waals surface area contributed by atoms with Crippen molar-refractivity contribution < 1.29 is 9.90 Å². The van der Waals surface area contributed by atoms with Crippen molar-refractivity contribution >= 4 is 11.6 Å². The van der Waals surface area contributed by atoms with Gasteiger partial charge in [0.25, 0.3) is 0 Å². The predicted molar refractivity (Wildman–Crippen MR) is 169 cm³/mol. The standard InChI is InChI=1S/C33H66N4O2/c1-4-5-6-7-8-9-10-11-12-13-14-15-16-17-18-19-20-21-23-31(38)28-37-30(3)35-27-24-32-29(2)34-25-22-26-36-33(32)39/h30-32,35,37-38H,4-28H2,1-3H3,(H,36,39). The highest BCUT2D eigenvalue weighted by atomic mass is 16.3. The zero-order chi connectivity index (χ0) is 28.4. The SMILES string of the molecule is CCCCCCCCCCCCCCCCCCCCC(O)CNC(C)NCCC1C(=O)NCCCN=C1C. The van der Waals surface area contributed by atoms with E-state index in [4.69, 9.17) is 0 Å². The first-order chi connectivity index (χ1) is 19.0. The molecule has 4 N–H and O–H groups in total. The molecule has 0 radical (unpaired) electrons. The van der Waals surface area contributed by atoms with Gasteiger partial charge in [0, 0.05) is 25.3 Å². The van der Waals surface area contributed by atoms with Gasteiger partial charge in [-0.15, -0.1) is 0 Å². The average Bonchev–Trinajstić information content (AvgIpc) is 2.92. The summed E-state index contributed by atoms with van der Waals surface area (Å²) < 4.78 is 0. The minimum Gasteiger partial charge on any atom is -0.392 e. The zero-order valence-electron chi connectivity index (χ0n) is 26.2. The van der Waals surface area contributed by atoms with Gasteiger partial charge in [-0.1, -0.05) is 122 Å². The van der Waals surface area contributed by atoms with E-state index in [1.165, 1.54) is 109 Å². The van der Waals surface area contributed by atoms with Crippen LogP contribution in [0.3, 0.4) is 0 Å². The lowest BCUT2D eigenvalue weighted by atomic mass is 9.98.